The summed E-state index contributed by atoms with van der Waals surface area (Å²) in [6.45, 7) is 5.52. The molecule has 0 bridgehead atoms. The molecule has 3 aromatic rings. The van der Waals surface area contributed by atoms with Gasteiger partial charge in [0.1, 0.15) is 11.3 Å². The van der Waals surface area contributed by atoms with Gasteiger partial charge in [0.05, 0.1) is 24.8 Å². The van der Waals surface area contributed by atoms with Crippen LogP contribution in [-0.4, -0.2) is 83.4 Å². The van der Waals surface area contributed by atoms with Crippen molar-refractivity contribution in [3.63, 3.8) is 0 Å². The Morgan fingerprint density at radius 3 is 2.49 bits per heavy atom. The molecule has 196 valence electrons. The summed E-state index contributed by atoms with van der Waals surface area (Å²) < 4.78 is 12.1. The number of morpholine rings is 1. The monoisotopic (exact) mass is 503 g/mol. The largest absolute Gasteiger partial charge is 0.488 e. The Morgan fingerprint density at radius 2 is 1.68 bits per heavy atom. The molecule has 6 rings (SSSR count). The van der Waals surface area contributed by atoms with Crippen LogP contribution in [0.4, 0.5) is 11.6 Å². The van der Waals surface area contributed by atoms with Gasteiger partial charge in [0, 0.05) is 61.1 Å². The van der Waals surface area contributed by atoms with Crippen molar-refractivity contribution in [3.8, 4) is 5.75 Å². The minimum absolute atomic E-state index is 0.162. The van der Waals surface area contributed by atoms with Crippen LogP contribution in [0.3, 0.4) is 0 Å². The van der Waals surface area contributed by atoms with Crippen LogP contribution >= 0.6 is 0 Å². The lowest BCUT2D eigenvalue weighted by Gasteiger charge is -2.31. The minimum Gasteiger partial charge on any atom is -0.488 e. The molecule has 1 N–H and O–H groups in total. The van der Waals surface area contributed by atoms with E-state index in [0.717, 1.165) is 93.5 Å². The molecule has 9 nitrogen and oxygen atoms in total. The second-order valence-electron chi connectivity index (χ2n) is 10.6. The molecule has 2 saturated heterocycles. The second-order valence-corrected chi connectivity index (χ2v) is 10.6. The van der Waals surface area contributed by atoms with Gasteiger partial charge in [-0.05, 0) is 70.8 Å². The zero-order valence-electron chi connectivity index (χ0n) is 21.7. The highest BCUT2D eigenvalue weighted by atomic mass is 16.5. The van der Waals surface area contributed by atoms with E-state index in [2.05, 4.69) is 55.3 Å². The van der Waals surface area contributed by atoms with Gasteiger partial charge in [-0.1, -0.05) is 0 Å². The molecular weight excluding hydrogens is 466 g/mol. The number of benzene rings is 1. The van der Waals surface area contributed by atoms with Crippen LogP contribution in [0.15, 0.2) is 36.8 Å². The van der Waals surface area contributed by atoms with E-state index in [9.17, 15) is 0 Å². The Morgan fingerprint density at radius 1 is 0.892 bits per heavy atom. The van der Waals surface area contributed by atoms with Crippen molar-refractivity contribution >= 4 is 22.7 Å². The van der Waals surface area contributed by atoms with Crippen LogP contribution in [0.25, 0.3) is 11.0 Å². The molecule has 0 spiro atoms. The molecule has 0 unspecified atom stereocenters. The van der Waals surface area contributed by atoms with Gasteiger partial charge in [-0.25, -0.2) is 15.0 Å². The van der Waals surface area contributed by atoms with Gasteiger partial charge in [-0.2, -0.15) is 0 Å². The predicted molar refractivity (Wildman–Crippen MR) is 144 cm³/mol. The number of fused-ring (bicyclic) bond motifs is 1. The number of nitrogens with one attached hydrogen (secondary N) is 1. The zero-order valence-corrected chi connectivity index (χ0v) is 21.7. The van der Waals surface area contributed by atoms with Crippen molar-refractivity contribution in [2.24, 2.45) is 0 Å². The third kappa shape index (κ3) is 5.78. The lowest BCUT2D eigenvalue weighted by Crippen LogP contribution is -2.36. The zero-order chi connectivity index (χ0) is 25.0. The maximum atomic E-state index is 6.58. The van der Waals surface area contributed by atoms with Gasteiger partial charge in [-0.15, -0.1) is 0 Å². The van der Waals surface area contributed by atoms with E-state index >= 15 is 0 Å². The van der Waals surface area contributed by atoms with Crippen LogP contribution in [-0.2, 0) is 4.74 Å². The molecular formula is C28H37N7O2. The van der Waals surface area contributed by atoms with Gasteiger partial charge in [0.2, 0.25) is 5.95 Å². The lowest BCUT2D eigenvalue weighted by atomic mass is 9.92. The van der Waals surface area contributed by atoms with Crippen LogP contribution in [0.2, 0.25) is 0 Å². The van der Waals surface area contributed by atoms with Gasteiger partial charge in [0.15, 0.2) is 0 Å². The molecule has 2 aromatic heterocycles. The number of ether oxygens (including phenoxy) is 2. The van der Waals surface area contributed by atoms with E-state index in [1.165, 1.54) is 18.5 Å². The predicted octanol–water partition coefficient (Wildman–Crippen LogP) is 3.87. The van der Waals surface area contributed by atoms with Crippen molar-refractivity contribution in [3.05, 3.63) is 42.5 Å². The Hall–Kier alpha value is -3.04. The fourth-order valence-corrected chi connectivity index (χ4v) is 5.78. The number of piperidine rings is 1. The molecule has 3 fully saturated rings. The number of aromatic nitrogens is 4. The van der Waals surface area contributed by atoms with Gasteiger partial charge < -0.3 is 24.6 Å². The number of rotatable bonds is 6. The maximum Gasteiger partial charge on any atom is 0.223 e. The van der Waals surface area contributed by atoms with Gasteiger partial charge in [-0.3, -0.25) is 4.98 Å². The third-order valence-corrected chi connectivity index (χ3v) is 8.01. The van der Waals surface area contributed by atoms with E-state index in [1.807, 2.05) is 6.20 Å². The summed E-state index contributed by atoms with van der Waals surface area (Å²) in [4.78, 5) is 23.3. The van der Waals surface area contributed by atoms with Crippen molar-refractivity contribution in [2.45, 2.75) is 56.6 Å². The maximum absolute atomic E-state index is 6.58. The highest BCUT2D eigenvalue weighted by Crippen LogP contribution is 2.33. The summed E-state index contributed by atoms with van der Waals surface area (Å²) in [5.74, 6) is 2.13. The summed E-state index contributed by atoms with van der Waals surface area (Å²) in [6.07, 6.45) is 11.9. The van der Waals surface area contributed by atoms with Crippen LogP contribution in [0, 0.1) is 0 Å². The fourth-order valence-electron chi connectivity index (χ4n) is 5.78. The molecule has 0 amide bonds. The number of likely N-dealkylation sites (tertiary alicyclic amines) is 1. The normalized spacial score (nSPS) is 23.8. The van der Waals surface area contributed by atoms with Crippen molar-refractivity contribution in [2.75, 3.05) is 56.7 Å². The summed E-state index contributed by atoms with van der Waals surface area (Å²) in [7, 11) is 2.19. The van der Waals surface area contributed by atoms with E-state index in [0.29, 0.717) is 12.0 Å². The first-order chi connectivity index (χ1) is 18.2. The molecule has 1 aromatic carbocycles. The fraction of sp³-hybridized carbons (Fsp3) is 0.571. The molecule has 3 aliphatic rings. The molecule has 0 atom stereocenters. The van der Waals surface area contributed by atoms with Crippen LogP contribution in [0.1, 0.15) is 50.1 Å². The van der Waals surface area contributed by atoms with E-state index < -0.39 is 0 Å². The highest BCUT2D eigenvalue weighted by Gasteiger charge is 2.25. The summed E-state index contributed by atoms with van der Waals surface area (Å²) in [6, 6.07) is 6.70. The molecule has 4 heterocycles. The minimum atomic E-state index is 0.162. The molecule has 0 radical (unpaired) electrons. The molecule has 9 heteroatoms. The number of anilines is 2. The molecule has 1 saturated carbocycles. The Balaban J connectivity index is 1.08. The van der Waals surface area contributed by atoms with Gasteiger partial charge in [0.25, 0.3) is 0 Å². The standard InChI is InChI=1S/C28H37N7O2/c1-34-12-7-20(8-13-34)24-6-9-31-28(33-24)32-21-2-4-23(5-3-21)37-26-19-22(35-14-16-36-17-15-35)18-25-27(26)30-11-10-29-25/h6,9-11,18-21,23H,2-5,7-8,12-17H2,1H3,(H,31,32,33)/t21-,23+. The van der Waals surface area contributed by atoms with E-state index in [4.69, 9.17) is 14.5 Å². The third-order valence-electron chi connectivity index (χ3n) is 8.01. The van der Waals surface area contributed by atoms with Crippen molar-refractivity contribution in [1.29, 1.82) is 0 Å². The topological polar surface area (TPSA) is 88.5 Å². The van der Waals surface area contributed by atoms with Gasteiger partial charge >= 0.3 is 0 Å². The number of nitrogens with zero attached hydrogens (tertiary/aromatic N) is 6. The summed E-state index contributed by atoms with van der Waals surface area (Å²) >= 11 is 0. The van der Waals surface area contributed by atoms with Crippen molar-refractivity contribution in [1.82, 2.24) is 24.8 Å². The van der Waals surface area contributed by atoms with E-state index in [1.54, 1.807) is 12.4 Å². The molecule has 1 aliphatic carbocycles. The average Bonchev–Trinajstić information content (AvgIpc) is 2.95. The highest BCUT2D eigenvalue weighted by molar-refractivity contribution is 5.85. The average molecular weight is 504 g/mol. The Labute approximate surface area is 218 Å². The van der Waals surface area contributed by atoms with Crippen LogP contribution in [0.5, 0.6) is 5.75 Å². The first-order valence-corrected chi connectivity index (χ1v) is 13.7. The first kappa shape index (κ1) is 24.3. The SMILES string of the molecule is CN1CCC(c2ccnc(N[C@H]3CC[C@@H](Oc4cc(N5CCOCC5)cc5nccnc45)CC3)n2)CC1. The number of hydrogen-bond donors (Lipinski definition) is 1. The smallest absolute Gasteiger partial charge is 0.223 e. The van der Waals surface area contributed by atoms with Crippen molar-refractivity contribution < 1.29 is 9.47 Å². The molecule has 37 heavy (non-hydrogen) atoms. The quantitative estimate of drug-likeness (QED) is 0.538. The van der Waals surface area contributed by atoms with Crippen LogP contribution < -0.4 is 15.0 Å². The van der Waals surface area contributed by atoms with E-state index in [-0.39, 0.29) is 6.10 Å². The first-order valence-electron chi connectivity index (χ1n) is 13.7. The molecule has 2 aliphatic heterocycles. The lowest BCUT2D eigenvalue weighted by molar-refractivity contribution is 0.122. The number of hydrogen-bond acceptors (Lipinski definition) is 9. The Bertz CT molecular complexity index is 1190. The summed E-state index contributed by atoms with van der Waals surface area (Å²) in [5, 5.41) is 3.61. The Kier molecular flexibility index (Phi) is 7.32. The second kappa shape index (κ2) is 11.1. The summed E-state index contributed by atoms with van der Waals surface area (Å²) in [5.41, 5.74) is 4.01.